The molecule has 0 N–H and O–H groups in total. The van der Waals surface area contributed by atoms with E-state index in [-0.39, 0.29) is 17.9 Å². The monoisotopic (exact) mass is 434 g/mol. The van der Waals surface area contributed by atoms with Crippen molar-refractivity contribution in [1.29, 1.82) is 0 Å². The summed E-state index contributed by atoms with van der Waals surface area (Å²) in [4.78, 5) is 28.7. The molecule has 1 fully saturated rings. The third-order valence-electron chi connectivity index (χ3n) is 4.85. The van der Waals surface area contributed by atoms with E-state index in [9.17, 15) is 9.59 Å². The largest absolute Gasteiger partial charge is 0.444 e. The third-order valence-corrected chi connectivity index (χ3v) is 5.10. The summed E-state index contributed by atoms with van der Waals surface area (Å²) in [5, 5.41) is 11.9. The van der Waals surface area contributed by atoms with Crippen LogP contribution in [0.3, 0.4) is 0 Å². The molecule has 10 heteroatoms. The van der Waals surface area contributed by atoms with Crippen molar-refractivity contribution in [2.75, 3.05) is 26.2 Å². The minimum Gasteiger partial charge on any atom is -0.444 e. The molecule has 30 heavy (non-hydrogen) atoms. The molecule has 1 atom stereocenters. The molecule has 2 aromatic rings. The molecule has 1 aliphatic heterocycles. The molecule has 0 saturated carbocycles. The van der Waals surface area contributed by atoms with Gasteiger partial charge in [0, 0.05) is 43.5 Å². The summed E-state index contributed by atoms with van der Waals surface area (Å²) in [6, 6.07) is 7.47. The van der Waals surface area contributed by atoms with Crippen molar-refractivity contribution >= 4 is 23.6 Å². The van der Waals surface area contributed by atoms with E-state index in [1.165, 1.54) is 6.33 Å². The summed E-state index contributed by atoms with van der Waals surface area (Å²) >= 11 is 6.01. The zero-order valence-electron chi connectivity index (χ0n) is 17.5. The fraction of sp³-hybridized carbons (Fsp3) is 0.550. The van der Waals surface area contributed by atoms with Crippen LogP contribution < -0.4 is 0 Å². The van der Waals surface area contributed by atoms with Gasteiger partial charge in [-0.3, -0.25) is 4.79 Å². The lowest BCUT2D eigenvalue weighted by atomic mass is 9.95. The first-order chi connectivity index (χ1) is 14.2. The maximum Gasteiger partial charge on any atom is 0.410 e. The SMILES string of the molecule is CC(C)(C)OC(=O)N1CCN(C(=O)C[C@@H](Cn2cnnn2)c2ccc(Cl)cc2)CC1. The number of carbonyl (C=O) groups is 2. The molecule has 3 rings (SSSR count). The topological polar surface area (TPSA) is 93.5 Å². The van der Waals surface area contributed by atoms with Crippen molar-refractivity contribution in [3.05, 3.63) is 41.2 Å². The predicted molar refractivity (Wildman–Crippen MR) is 111 cm³/mol. The molecule has 0 bridgehead atoms. The number of rotatable bonds is 5. The zero-order chi connectivity index (χ0) is 21.7. The van der Waals surface area contributed by atoms with Gasteiger partial charge < -0.3 is 14.5 Å². The standard InChI is InChI=1S/C20H27ClN6O3/c1-20(2,3)30-19(29)26-10-8-25(9-11-26)18(28)12-16(13-27-14-22-23-24-27)15-4-6-17(21)7-5-15/h4-7,14,16H,8-13H2,1-3H3/t16-/m0/s1. The van der Waals surface area contributed by atoms with Crippen LogP contribution in [0.15, 0.2) is 30.6 Å². The van der Waals surface area contributed by atoms with E-state index in [1.54, 1.807) is 14.5 Å². The maximum atomic E-state index is 13.0. The molecule has 0 unspecified atom stereocenters. The number of benzene rings is 1. The van der Waals surface area contributed by atoms with Crippen LogP contribution in [0.4, 0.5) is 4.79 Å². The van der Waals surface area contributed by atoms with Gasteiger partial charge in [-0.05, 0) is 48.9 Å². The Labute approximate surface area is 180 Å². The number of amides is 2. The lowest BCUT2D eigenvalue weighted by molar-refractivity contribution is -0.133. The van der Waals surface area contributed by atoms with Crippen molar-refractivity contribution in [3.63, 3.8) is 0 Å². The van der Waals surface area contributed by atoms with E-state index >= 15 is 0 Å². The van der Waals surface area contributed by atoms with E-state index in [2.05, 4.69) is 15.5 Å². The molecule has 0 spiro atoms. The highest BCUT2D eigenvalue weighted by atomic mass is 35.5. The normalized spacial score (nSPS) is 15.7. The van der Waals surface area contributed by atoms with E-state index in [0.29, 0.717) is 44.2 Å². The second-order valence-electron chi connectivity index (χ2n) is 8.33. The zero-order valence-corrected chi connectivity index (χ0v) is 18.2. The number of tetrazole rings is 1. The Balaban J connectivity index is 1.60. The molecule has 1 saturated heterocycles. The Morgan fingerprint density at radius 1 is 1.10 bits per heavy atom. The fourth-order valence-corrected chi connectivity index (χ4v) is 3.44. The summed E-state index contributed by atoms with van der Waals surface area (Å²) in [5.41, 5.74) is 0.460. The minimum atomic E-state index is -0.536. The Bertz CT molecular complexity index is 842. The van der Waals surface area contributed by atoms with Gasteiger partial charge in [0.2, 0.25) is 5.91 Å². The Morgan fingerprint density at radius 2 is 1.73 bits per heavy atom. The molecule has 0 aliphatic carbocycles. The van der Waals surface area contributed by atoms with Crippen LogP contribution in [0.1, 0.15) is 38.7 Å². The van der Waals surface area contributed by atoms with Crippen LogP contribution in [0, 0.1) is 0 Å². The summed E-state index contributed by atoms with van der Waals surface area (Å²) in [6.45, 7) is 7.88. The predicted octanol–water partition coefficient (Wildman–Crippen LogP) is 2.58. The highest BCUT2D eigenvalue weighted by Gasteiger charge is 2.29. The Hall–Kier alpha value is -2.68. The van der Waals surface area contributed by atoms with Crippen LogP contribution in [0.5, 0.6) is 0 Å². The van der Waals surface area contributed by atoms with Gasteiger partial charge in [-0.15, -0.1) is 5.10 Å². The van der Waals surface area contributed by atoms with Crippen molar-refractivity contribution < 1.29 is 14.3 Å². The minimum absolute atomic E-state index is 0.0341. The highest BCUT2D eigenvalue weighted by molar-refractivity contribution is 6.30. The summed E-state index contributed by atoms with van der Waals surface area (Å²) in [7, 11) is 0. The molecular formula is C20H27ClN6O3. The highest BCUT2D eigenvalue weighted by Crippen LogP contribution is 2.25. The van der Waals surface area contributed by atoms with E-state index in [1.807, 2.05) is 45.0 Å². The summed E-state index contributed by atoms with van der Waals surface area (Å²) in [5.74, 6) is -0.0611. The Morgan fingerprint density at radius 3 is 2.30 bits per heavy atom. The van der Waals surface area contributed by atoms with Crippen molar-refractivity contribution in [2.24, 2.45) is 0 Å². The van der Waals surface area contributed by atoms with Gasteiger partial charge in [0.1, 0.15) is 11.9 Å². The molecule has 1 aliphatic rings. The summed E-state index contributed by atoms with van der Waals surface area (Å²) in [6.07, 6.45) is 1.51. The molecule has 2 heterocycles. The Kier molecular flexibility index (Phi) is 6.91. The van der Waals surface area contributed by atoms with Crippen LogP contribution in [0.2, 0.25) is 5.02 Å². The van der Waals surface area contributed by atoms with Gasteiger partial charge in [-0.1, -0.05) is 23.7 Å². The van der Waals surface area contributed by atoms with E-state index < -0.39 is 5.60 Å². The van der Waals surface area contributed by atoms with Gasteiger partial charge in [0.05, 0.1) is 6.54 Å². The number of hydrogen-bond acceptors (Lipinski definition) is 6. The molecule has 1 aromatic heterocycles. The number of ether oxygens (including phenoxy) is 1. The average molecular weight is 435 g/mol. The van der Waals surface area contributed by atoms with E-state index in [0.717, 1.165) is 5.56 Å². The first kappa shape index (κ1) is 22.0. The van der Waals surface area contributed by atoms with Gasteiger partial charge in [-0.2, -0.15) is 0 Å². The molecular weight excluding hydrogens is 408 g/mol. The van der Waals surface area contributed by atoms with Crippen molar-refractivity contribution in [2.45, 2.75) is 45.3 Å². The number of hydrogen-bond donors (Lipinski definition) is 0. The average Bonchev–Trinajstić information content (AvgIpc) is 3.20. The number of aromatic nitrogens is 4. The van der Waals surface area contributed by atoms with E-state index in [4.69, 9.17) is 16.3 Å². The summed E-state index contributed by atoms with van der Waals surface area (Å²) < 4.78 is 7.03. The second-order valence-corrected chi connectivity index (χ2v) is 8.77. The molecule has 2 amide bonds. The first-order valence-electron chi connectivity index (χ1n) is 9.93. The van der Waals surface area contributed by atoms with Gasteiger partial charge in [-0.25, -0.2) is 9.48 Å². The fourth-order valence-electron chi connectivity index (χ4n) is 3.32. The van der Waals surface area contributed by atoms with Crippen LogP contribution in [-0.2, 0) is 16.1 Å². The second kappa shape index (κ2) is 9.42. The first-order valence-corrected chi connectivity index (χ1v) is 10.3. The molecule has 162 valence electrons. The van der Waals surface area contributed by atoms with Crippen LogP contribution in [0.25, 0.3) is 0 Å². The third kappa shape index (κ3) is 6.16. The number of piperazine rings is 1. The van der Waals surface area contributed by atoms with Gasteiger partial charge >= 0.3 is 6.09 Å². The molecule has 0 radical (unpaired) electrons. The lowest BCUT2D eigenvalue weighted by Gasteiger charge is -2.36. The maximum absolute atomic E-state index is 13.0. The van der Waals surface area contributed by atoms with Crippen LogP contribution in [-0.4, -0.2) is 73.8 Å². The quantitative estimate of drug-likeness (QED) is 0.718. The lowest BCUT2D eigenvalue weighted by Crippen LogP contribution is -2.51. The van der Waals surface area contributed by atoms with Crippen molar-refractivity contribution in [3.8, 4) is 0 Å². The number of nitrogens with zero attached hydrogens (tertiary/aromatic N) is 6. The van der Waals surface area contributed by atoms with Gasteiger partial charge in [0.15, 0.2) is 0 Å². The molecule has 1 aromatic carbocycles. The number of carbonyl (C=O) groups excluding carboxylic acids is 2. The van der Waals surface area contributed by atoms with Gasteiger partial charge in [0.25, 0.3) is 0 Å². The number of halogens is 1. The smallest absolute Gasteiger partial charge is 0.410 e. The molecule has 9 nitrogen and oxygen atoms in total. The van der Waals surface area contributed by atoms with Crippen molar-refractivity contribution in [1.82, 2.24) is 30.0 Å². The van der Waals surface area contributed by atoms with Crippen LogP contribution >= 0.6 is 11.6 Å².